The van der Waals surface area contributed by atoms with Crippen molar-refractivity contribution in [3.63, 3.8) is 0 Å². The zero-order chi connectivity index (χ0) is 22.2. The van der Waals surface area contributed by atoms with E-state index in [0.717, 1.165) is 0 Å². The van der Waals surface area contributed by atoms with Crippen LogP contribution in [0.3, 0.4) is 0 Å². The summed E-state index contributed by atoms with van der Waals surface area (Å²) in [7, 11) is 1.32. The molecule has 0 saturated carbocycles. The molecule has 0 radical (unpaired) electrons. The van der Waals surface area contributed by atoms with Gasteiger partial charge < -0.3 is 19.9 Å². The number of rotatable bonds is 4. The largest absolute Gasteiger partial charge is 0.494 e. The zero-order valence-electron chi connectivity index (χ0n) is 16.3. The van der Waals surface area contributed by atoms with Gasteiger partial charge in [0, 0.05) is 19.0 Å². The second kappa shape index (κ2) is 8.00. The maximum atomic E-state index is 14.2. The number of benzene rings is 1. The van der Waals surface area contributed by atoms with Crippen LogP contribution in [0.25, 0.3) is 11.2 Å². The van der Waals surface area contributed by atoms with Gasteiger partial charge in [-0.15, -0.1) is 0 Å². The van der Waals surface area contributed by atoms with E-state index in [-0.39, 0.29) is 12.3 Å². The Balaban J connectivity index is 1.66. The molecule has 31 heavy (non-hydrogen) atoms. The maximum absolute atomic E-state index is 14.2. The summed E-state index contributed by atoms with van der Waals surface area (Å²) in [6.45, 7) is 0.451. The van der Waals surface area contributed by atoms with Crippen molar-refractivity contribution in [1.29, 1.82) is 0 Å². The Morgan fingerprint density at radius 3 is 2.81 bits per heavy atom. The summed E-state index contributed by atoms with van der Waals surface area (Å²) >= 11 is 0. The van der Waals surface area contributed by atoms with Gasteiger partial charge >= 0.3 is 12.1 Å². The molecule has 0 bridgehead atoms. The number of aromatic nitrogens is 4. The first kappa shape index (κ1) is 20.8. The van der Waals surface area contributed by atoms with Crippen molar-refractivity contribution in [1.82, 2.24) is 25.3 Å². The molecule has 3 aromatic rings. The Hall–Kier alpha value is -3.44. The third kappa shape index (κ3) is 4.09. The minimum Gasteiger partial charge on any atom is -0.494 e. The number of hydrogen-bond donors (Lipinski definition) is 2. The van der Waals surface area contributed by atoms with Gasteiger partial charge in [-0.3, -0.25) is 4.79 Å². The highest BCUT2D eigenvalue weighted by atomic mass is 19.4. The number of hydrogen-bond acceptors (Lipinski definition) is 6. The molecule has 1 aliphatic heterocycles. The highest BCUT2D eigenvalue weighted by Gasteiger charge is 2.42. The molecular formula is C19H18F4N6O2. The molecule has 164 valence electrons. The number of piperidine rings is 1. The van der Waals surface area contributed by atoms with Crippen molar-refractivity contribution in [2.45, 2.75) is 24.6 Å². The molecule has 4 rings (SSSR count). The summed E-state index contributed by atoms with van der Waals surface area (Å²) in [4.78, 5) is 28.7. The number of halogens is 4. The van der Waals surface area contributed by atoms with Crippen molar-refractivity contribution in [2.24, 2.45) is 0 Å². The standard InChI is InChI=1S/C19H18F4N6O2/c1-31-14-3-2-10(6-12(14)20)11-4-5-29(7-13(11)28-18(30)19(21,22)23)17-15-16(25-8-24-15)26-9-27-17/h2-3,6,8-9,11,13H,4-5,7H2,1H3,(H,28,30)(H,24,25,26,27). The van der Waals surface area contributed by atoms with Crippen LogP contribution < -0.4 is 15.0 Å². The van der Waals surface area contributed by atoms with Crippen LogP contribution >= 0.6 is 0 Å². The van der Waals surface area contributed by atoms with Gasteiger partial charge in [0.15, 0.2) is 23.0 Å². The lowest BCUT2D eigenvalue weighted by Crippen LogP contribution is -2.54. The second-order valence-corrected chi connectivity index (χ2v) is 7.11. The third-order valence-corrected chi connectivity index (χ3v) is 5.29. The molecule has 2 unspecified atom stereocenters. The highest BCUT2D eigenvalue weighted by molar-refractivity contribution is 5.83. The van der Waals surface area contributed by atoms with Gasteiger partial charge in [0.25, 0.3) is 0 Å². The number of ether oxygens (including phenoxy) is 1. The topological polar surface area (TPSA) is 96.0 Å². The Morgan fingerprint density at radius 1 is 1.29 bits per heavy atom. The van der Waals surface area contributed by atoms with E-state index in [2.05, 4.69) is 25.3 Å². The monoisotopic (exact) mass is 438 g/mol. The fourth-order valence-electron chi connectivity index (χ4n) is 3.85. The lowest BCUT2D eigenvalue weighted by Gasteiger charge is -2.40. The first-order valence-corrected chi connectivity index (χ1v) is 9.38. The quantitative estimate of drug-likeness (QED) is 0.608. The van der Waals surface area contributed by atoms with Crippen LogP contribution in [0.4, 0.5) is 23.4 Å². The zero-order valence-corrected chi connectivity index (χ0v) is 16.3. The van der Waals surface area contributed by atoms with E-state index in [1.165, 1.54) is 31.9 Å². The van der Waals surface area contributed by atoms with E-state index < -0.39 is 29.9 Å². The SMILES string of the molecule is COc1ccc(C2CCN(c3ncnc4nc[nH]c34)CC2NC(=O)C(F)(F)F)cc1F. The molecule has 12 heteroatoms. The van der Waals surface area contributed by atoms with Crippen LogP contribution in [-0.2, 0) is 4.79 Å². The van der Waals surface area contributed by atoms with Gasteiger partial charge in [-0.25, -0.2) is 19.3 Å². The van der Waals surface area contributed by atoms with Crippen LogP contribution in [0.2, 0.25) is 0 Å². The fourth-order valence-corrected chi connectivity index (χ4v) is 3.85. The average molecular weight is 438 g/mol. The Morgan fingerprint density at radius 2 is 2.10 bits per heavy atom. The van der Waals surface area contributed by atoms with Crippen molar-refractivity contribution in [3.05, 3.63) is 42.2 Å². The van der Waals surface area contributed by atoms with Crippen molar-refractivity contribution in [2.75, 3.05) is 25.1 Å². The van der Waals surface area contributed by atoms with Gasteiger partial charge in [-0.1, -0.05) is 6.07 Å². The molecule has 1 aliphatic rings. The lowest BCUT2D eigenvalue weighted by molar-refractivity contribution is -0.174. The predicted octanol–water partition coefficient (Wildman–Crippen LogP) is 2.54. The number of nitrogens with zero attached hydrogens (tertiary/aromatic N) is 4. The number of amides is 1. The fraction of sp³-hybridized carbons (Fsp3) is 0.368. The molecule has 8 nitrogen and oxygen atoms in total. The molecule has 2 aromatic heterocycles. The first-order valence-electron chi connectivity index (χ1n) is 9.38. The van der Waals surface area contributed by atoms with E-state index >= 15 is 0 Å². The normalized spacial score (nSPS) is 19.5. The molecule has 1 fully saturated rings. The van der Waals surface area contributed by atoms with Crippen molar-refractivity contribution in [3.8, 4) is 5.75 Å². The summed E-state index contributed by atoms with van der Waals surface area (Å²) in [5.41, 5.74) is 1.43. The lowest BCUT2D eigenvalue weighted by atomic mass is 9.85. The molecule has 3 heterocycles. The van der Waals surface area contributed by atoms with E-state index in [4.69, 9.17) is 4.74 Å². The molecule has 2 N–H and O–H groups in total. The third-order valence-electron chi connectivity index (χ3n) is 5.29. The molecule has 1 aromatic carbocycles. The summed E-state index contributed by atoms with van der Waals surface area (Å²) in [6.07, 6.45) is -1.93. The smallest absolute Gasteiger partial charge is 0.471 e. The molecular weight excluding hydrogens is 420 g/mol. The number of imidazole rings is 1. The summed E-state index contributed by atoms with van der Waals surface area (Å²) < 4.78 is 58.0. The maximum Gasteiger partial charge on any atom is 0.471 e. The van der Waals surface area contributed by atoms with Gasteiger partial charge in [0.2, 0.25) is 0 Å². The van der Waals surface area contributed by atoms with Crippen LogP contribution in [0, 0.1) is 5.82 Å². The van der Waals surface area contributed by atoms with Crippen LogP contribution in [0.1, 0.15) is 17.9 Å². The van der Waals surface area contributed by atoms with Crippen molar-refractivity contribution < 1.29 is 27.1 Å². The Labute approximate surface area is 173 Å². The Kier molecular flexibility index (Phi) is 5.38. The number of aromatic amines is 1. The predicted molar refractivity (Wildman–Crippen MR) is 102 cm³/mol. The van der Waals surface area contributed by atoms with Gasteiger partial charge in [0.05, 0.1) is 19.5 Å². The van der Waals surface area contributed by atoms with Gasteiger partial charge in [-0.2, -0.15) is 13.2 Å². The number of carbonyl (C=O) groups is 1. The second-order valence-electron chi connectivity index (χ2n) is 7.11. The molecule has 2 atom stereocenters. The van der Waals surface area contributed by atoms with Crippen molar-refractivity contribution >= 4 is 22.9 Å². The number of anilines is 1. The molecule has 1 amide bonds. The average Bonchev–Trinajstić information content (AvgIpc) is 3.22. The molecule has 1 saturated heterocycles. The minimum atomic E-state index is -5.04. The van der Waals surface area contributed by atoms with Gasteiger partial charge in [0.1, 0.15) is 11.8 Å². The number of carbonyl (C=O) groups excluding carboxylic acids is 1. The van der Waals surface area contributed by atoms with E-state index in [1.54, 1.807) is 11.0 Å². The number of nitrogens with one attached hydrogen (secondary N) is 2. The van der Waals surface area contributed by atoms with Crippen LogP contribution in [-0.4, -0.2) is 58.3 Å². The van der Waals surface area contributed by atoms with E-state index in [9.17, 15) is 22.4 Å². The summed E-state index contributed by atoms with van der Waals surface area (Å²) in [5.74, 6) is -2.72. The summed E-state index contributed by atoms with van der Waals surface area (Å²) in [5, 5.41) is 2.07. The number of fused-ring (bicyclic) bond motifs is 1. The highest BCUT2D eigenvalue weighted by Crippen LogP contribution is 2.34. The minimum absolute atomic E-state index is 0.0275. The number of methoxy groups -OCH3 is 1. The first-order chi connectivity index (χ1) is 14.8. The summed E-state index contributed by atoms with van der Waals surface area (Å²) in [6, 6.07) is 3.29. The van der Waals surface area contributed by atoms with E-state index in [1.807, 2.05) is 0 Å². The van der Waals surface area contributed by atoms with E-state index in [0.29, 0.717) is 35.5 Å². The van der Waals surface area contributed by atoms with Crippen LogP contribution in [0.5, 0.6) is 5.75 Å². The number of alkyl halides is 3. The molecule has 0 aliphatic carbocycles. The number of H-pyrrole nitrogens is 1. The van der Waals surface area contributed by atoms with Crippen LogP contribution in [0.15, 0.2) is 30.9 Å². The Bertz CT molecular complexity index is 1100. The van der Waals surface area contributed by atoms with Gasteiger partial charge in [-0.05, 0) is 24.1 Å². The molecule has 0 spiro atoms.